The van der Waals surface area contributed by atoms with Gasteiger partial charge >= 0.3 is 0 Å². The van der Waals surface area contributed by atoms with Gasteiger partial charge in [0.15, 0.2) is 0 Å². The number of hydrogen-bond acceptors (Lipinski definition) is 3. The maximum absolute atomic E-state index is 11.6. The number of aromatic nitrogens is 2. The number of hydrogen-bond donors (Lipinski definition) is 0. The Kier molecular flexibility index (Phi) is 3.23. The topological polar surface area (TPSA) is 34.9 Å². The molecule has 1 atom stereocenters. The molecule has 3 rings (SSSR count). The van der Waals surface area contributed by atoms with Crippen molar-refractivity contribution in [3.63, 3.8) is 0 Å². The summed E-state index contributed by atoms with van der Waals surface area (Å²) in [6.45, 7) is 0. The maximum Gasteiger partial charge on any atom is 0.147 e. The van der Waals surface area contributed by atoms with Gasteiger partial charge in [-0.1, -0.05) is 12.8 Å². The van der Waals surface area contributed by atoms with Crippen LogP contribution in [0.25, 0.3) is 0 Å². The summed E-state index contributed by atoms with van der Waals surface area (Å²) < 4.78 is 2.12. The first kappa shape index (κ1) is 11.3. The van der Waals surface area contributed by atoms with Crippen LogP contribution in [-0.2, 0) is 11.2 Å². The smallest absolute Gasteiger partial charge is 0.147 e. The van der Waals surface area contributed by atoms with Gasteiger partial charge in [0.2, 0.25) is 0 Å². The van der Waals surface area contributed by atoms with Crippen molar-refractivity contribution in [2.75, 3.05) is 11.5 Å². The third-order valence-corrected chi connectivity index (χ3v) is 4.96. The van der Waals surface area contributed by atoms with E-state index in [-0.39, 0.29) is 5.92 Å². The molecule has 2 aliphatic rings. The SMILES string of the molecule is O=C1CSCC1Cc1ccn(C2CCCC2)n1. The minimum atomic E-state index is 0.215. The van der Waals surface area contributed by atoms with Crippen molar-refractivity contribution in [2.45, 2.75) is 38.1 Å². The zero-order valence-electron chi connectivity index (χ0n) is 9.97. The van der Waals surface area contributed by atoms with Crippen LogP contribution in [-0.4, -0.2) is 27.1 Å². The Morgan fingerprint density at radius 3 is 2.94 bits per heavy atom. The highest BCUT2D eigenvalue weighted by Crippen LogP contribution is 2.29. The summed E-state index contributed by atoms with van der Waals surface area (Å²) in [7, 11) is 0. The molecule has 2 heterocycles. The van der Waals surface area contributed by atoms with Crippen LogP contribution in [0.15, 0.2) is 12.3 Å². The Balaban J connectivity index is 1.65. The van der Waals surface area contributed by atoms with Crippen LogP contribution in [0.5, 0.6) is 0 Å². The van der Waals surface area contributed by atoms with Crippen LogP contribution in [0.1, 0.15) is 37.4 Å². The van der Waals surface area contributed by atoms with Gasteiger partial charge in [0.05, 0.1) is 17.5 Å². The number of rotatable bonds is 3. The molecule has 1 aliphatic carbocycles. The summed E-state index contributed by atoms with van der Waals surface area (Å²) in [5.74, 6) is 2.31. The zero-order chi connectivity index (χ0) is 11.7. The monoisotopic (exact) mass is 250 g/mol. The Bertz CT molecular complexity index is 409. The average molecular weight is 250 g/mol. The summed E-state index contributed by atoms with van der Waals surface area (Å²) >= 11 is 1.76. The molecule has 0 spiro atoms. The van der Waals surface area contributed by atoms with E-state index in [9.17, 15) is 4.79 Å². The molecule has 4 heteroatoms. The maximum atomic E-state index is 11.6. The molecular formula is C13H18N2OS. The summed E-state index contributed by atoms with van der Waals surface area (Å²) in [6, 6.07) is 2.70. The van der Waals surface area contributed by atoms with Gasteiger partial charge in [0, 0.05) is 24.3 Å². The van der Waals surface area contributed by atoms with Gasteiger partial charge in [-0.25, -0.2) is 0 Å². The van der Waals surface area contributed by atoms with Crippen LogP contribution in [0, 0.1) is 5.92 Å². The van der Waals surface area contributed by atoms with Gasteiger partial charge in [0.25, 0.3) is 0 Å². The van der Waals surface area contributed by atoms with E-state index in [0.29, 0.717) is 17.6 Å². The number of thioether (sulfide) groups is 1. The van der Waals surface area contributed by atoms with Gasteiger partial charge in [0.1, 0.15) is 5.78 Å². The zero-order valence-corrected chi connectivity index (χ0v) is 10.8. The molecular weight excluding hydrogens is 232 g/mol. The Labute approximate surface area is 106 Å². The predicted molar refractivity (Wildman–Crippen MR) is 69.3 cm³/mol. The standard InChI is InChI=1S/C13H18N2OS/c16-13-9-17-8-10(13)7-11-5-6-15(14-11)12-3-1-2-4-12/h5-6,10,12H,1-4,7-9H2. The third-order valence-electron chi connectivity index (χ3n) is 3.84. The summed E-state index contributed by atoms with van der Waals surface area (Å²) in [6.07, 6.45) is 8.12. The van der Waals surface area contributed by atoms with Crippen molar-refractivity contribution in [3.8, 4) is 0 Å². The molecule has 0 N–H and O–H groups in total. The molecule has 0 bridgehead atoms. The molecule has 0 radical (unpaired) electrons. The molecule has 0 aromatic carbocycles. The highest BCUT2D eigenvalue weighted by molar-refractivity contribution is 8.00. The summed E-state index contributed by atoms with van der Waals surface area (Å²) in [5.41, 5.74) is 1.10. The molecule has 1 unspecified atom stereocenters. The highest BCUT2D eigenvalue weighted by atomic mass is 32.2. The van der Waals surface area contributed by atoms with E-state index < -0.39 is 0 Å². The predicted octanol–water partition coefficient (Wildman–Crippen LogP) is 2.47. The number of ketones is 1. The quantitative estimate of drug-likeness (QED) is 0.826. The number of nitrogens with zero attached hydrogens (tertiary/aromatic N) is 2. The van der Waals surface area contributed by atoms with Crippen LogP contribution >= 0.6 is 11.8 Å². The van der Waals surface area contributed by atoms with Gasteiger partial charge in [-0.3, -0.25) is 9.48 Å². The lowest BCUT2D eigenvalue weighted by Crippen LogP contribution is -2.15. The van der Waals surface area contributed by atoms with Crippen LogP contribution < -0.4 is 0 Å². The van der Waals surface area contributed by atoms with Crippen LogP contribution in [0.3, 0.4) is 0 Å². The van der Waals surface area contributed by atoms with Gasteiger partial charge in [-0.05, 0) is 18.9 Å². The largest absolute Gasteiger partial charge is 0.298 e. The molecule has 92 valence electrons. The van der Waals surface area contributed by atoms with E-state index in [1.165, 1.54) is 25.7 Å². The van der Waals surface area contributed by atoms with Crippen molar-refractivity contribution in [1.82, 2.24) is 9.78 Å². The van der Waals surface area contributed by atoms with E-state index in [1.54, 1.807) is 11.8 Å². The first-order valence-electron chi connectivity index (χ1n) is 6.47. The lowest BCUT2D eigenvalue weighted by molar-refractivity contribution is -0.119. The fourth-order valence-electron chi connectivity index (χ4n) is 2.80. The van der Waals surface area contributed by atoms with E-state index in [0.717, 1.165) is 17.9 Å². The molecule has 0 amide bonds. The molecule has 1 saturated carbocycles. The van der Waals surface area contributed by atoms with Crippen LogP contribution in [0.4, 0.5) is 0 Å². The van der Waals surface area contributed by atoms with Gasteiger partial charge in [-0.2, -0.15) is 16.9 Å². The first-order chi connectivity index (χ1) is 8.33. The molecule has 2 fully saturated rings. The normalized spacial score (nSPS) is 25.9. The fraction of sp³-hybridized carbons (Fsp3) is 0.692. The molecule has 1 aromatic rings. The molecule has 1 aromatic heterocycles. The average Bonchev–Trinajstić information content (AvgIpc) is 3.02. The van der Waals surface area contributed by atoms with Gasteiger partial charge in [-0.15, -0.1) is 0 Å². The number of carbonyl (C=O) groups is 1. The molecule has 3 nitrogen and oxygen atoms in total. The fourth-order valence-corrected chi connectivity index (χ4v) is 3.94. The van der Waals surface area contributed by atoms with Crippen molar-refractivity contribution in [1.29, 1.82) is 0 Å². The minimum Gasteiger partial charge on any atom is -0.298 e. The van der Waals surface area contributed by atoms with Crippen molar-refractivity contribution in [3.05, 3.63) is 18.0 Å². The molecule has 1 aliphatic heterocycles. The minimum absolute atomic E-state index is 0.215. The molecule has 1 saturated heterocycles. The van der Waals surface area contributed by atoms with Gasteiger partial charge < -0.3 is 0 Å². The Morgan fingerprint density at radius 1 is 1.41 bits per heavy atom. The Morgan fingerprint density at radius 2 is 2.24 bits per heavy atom. The summed E-state index contributed by atoms with van der Waals surface area (Å²) in [4.78, 5) is 11.6. The number of Topliss-reactive ketones (excluding diaryl/α,β-unsaturated/α-hetero) is 1. The van der Waals surface area contributed by atoms with E-state index in [1.807, 2.05) is 0 Å². The highest BCUT2D eigenvalue weighted by Gasteiger charge is 2.26. The van der Waals surface area contributed by atoms with Crippen molar-refractivity contribution < 1.29 is 4.79 Å². The van der Waals surface area contributed by atoms with Crippen LogP contribution in [0.2, 0.25) is 0 Å². The second-order valence-corrected chi connectivity index (χ2v) is 6.14. The molecule has 17 heavy (non-hydrogen) atoms. The first-order valence-corrected chi connectivity index (χ1v) is 7.63. The second kappa shape index (κ2) is 4.84. The second-order valence-electron chi connectivity index (χ2n) is 5.11. The Hall–Kier alpha value is -0.770. The van der Waals surface area contributed by atoms with Crippen molar-refractivity contribution >= 4 is 17.5 Å². The summed E-state index contributed by atoms with van der Waals surface area (Å²) in [5, 5.41) is 4.65. The third kappa shape index (κ3) is 2.41. The van der Waals surface area contributed by atoms with Crippen molar-refractivity contribution in [2.24, 2.45) is 5.92 Å². The van der Waals surface area contributed by atoms with E-state index in [4.69, 9.17) is 0 Å². The number of carbonyl (C=O) groups excluding carboxylic acids is 1. The van der Waals surface area contributed by atoms with E-state index in [2.05, 4.69) is 22.0 Å². The van der Waals surface area contributed by atoms with E-state index >= 15 is 0 Å². The lowest BCUT2D eigenvalue weighted by atomic mass is 10.0. The lowest BCUT2D eigenvalue weighted by Gasteiger charge is -2.09.